The summed E-state index contributed by atoms with van der Waals surface area (Å²) in [6.07, 6.45) is 0.951. The third-order valence-electron chi connectivity index (χ3n) is 6.95. The summed E-state index contributed by atoms with van der Waals surface area (Å²) in [6.45, 7) is 2.01. The number of rotatable bonds is 6. The third-order valence-corrected chi connectivity index (χ3v) is 6.95. The Balaban J connectivity index is 1.49. The molecule has 0 bridgehead atoms. The van der Waals surface area contributed by atoms with Gasteiger partial charge in [0.2, 0.25) is 0 Å². The predicted molar refractivity (Wildman–Crippen MR) is 134 cm³/mol. The van der Waals surface area contributed by atoms with Gasteiger partial charge in [0.25, 0.3) is 0 Å². The number of hydrogen-bond donors (Lipinski definition) is 1. The lowest BCUT2D eigenvalue weighted by atomic mass is 9.72. The summed E-state index contributed by atoms with van der Waals surface area (Å²) in [6, 6.07) is 30.8. The van der Waals surface area contributed by atoms with Crippen LogP contribution >= 0.6 is 0 Å². The summed E-state index contributed by atoms with van der Waals surface area (Å²) >= 11 is 0. The lowest BCUT2D eigenvalue weighted by Crippen LogP contribution is -2.40. The number of carbonyl (C=O) groups is 1. The van der Waals surface area contributed by atoms with Crippen LogP contribution in [0.1, 0.15) is 39.7 Å². The summed E-state index contributed by atoms with van der Waals surface area (Å²) in [5.74, 6) is -0.0941. The fraction of sp³-hybridized carbons (Fsp3) is 0.233. The van der Waals surface area contributed by atoms with E-state index < -0.39 is 0 Å². The number of benzene rings is 4. The molecule has 1 N–H and O–H groups in total. The summed E-state index contributed by atoms with van der Waals surface area (Å²) in [7, 11) is 0. The van der Waals surface area contributed by atoms with Gasteiger partial charge in [-0.1, -0.05) is 72.8 Å². The molecule has 0 spiro atoms. The summed E-state index contributed by atoms with van der Waals surface area (Å²) in [5, 5.41) is 5.89. The molecule has 172 valence electrons. The zero-order valence-corrected chi connectivity index (χ0v) is 19.0. The number of ether oxygens (including phenoxy) is 1. The Labute approximate surface area is 199 Å². The van der Waals surface area contributed by atoms with Gasteiger partial charge in [-0.2, -0.15) is 0 Å². The highest BCUT2D eigenvalue weighted by atomic mass is 19.1. The molecule has 0 aliphatic carbocycles. The molecule has 5 rings (SSSR count). The maximum Gasteiger partial charge on any atom is 0.338 e. The molecular formula is C30H28FNO2. The zero-order valence-electron chi connectivity index (χ0n) is 19.0. The van der Waals surface area contributed by atoms with Crippen molar-refractivity contribution in [2.75, 3.05) is 19.7 Å². The lowest BCUT2D eigenvalue weighted by Gasteiger charge is -2.38. The second-order valence-electron chi connectivity index (χ2n) is 8.99. The molecular weight excluding hydrogens is 425 g/mol. The largest absolute Gasteiger partial charge is 0.461 e. The number of piperidine rings is 1. The summed E-state index contributed by atoms with van der Waals surface area (Å²) in [5.41, 5.74) is 2.84. The van der Waals surface area contributed by atoms with Crippen molar-refractivity contribution in [1.82, 2.24) is 5.32 Å². The van der Waals surface area contributed by atoms with Crippen LogP contribution in [0.4, 0.5) is 4.39 Å². The van der Waals surface area contributed by atoms with Crippen molar-refractivity contribution in [3.63, 3.8) is 0 Å². The van der Waals surface area contributed by atoms with E-state index in [0.717, 1.165) is 30.6 Å². The van der Waals surface area contributed by atoms with Gasteiger partial charge in [0.15, 0.2) is 0 Å². The van der Waals surface area contributed by atoms with Gasteiger partial charge in [-0.25, -0.2) is 9.18 Å². The monoisotopic (exact) mass is 453 g/mol. The molecule has 1 saturated heterocycles. The fourth-order valence-electron chi connectivity index (χ4n) is 5.16. The van der Waals surface area contributed by atoms with Crippen molar-refractivity contribution in [2.24, 2.45) is 5.92 Å². The van der Waals surface area contributed by atoms with E-state index in [1.807, 2.05) is 42.5 Å². The molecule has 1 heterocycles. The van der Waals surface area contributed by atoms with Crippen LogP contribution < -0.4 is 5.32 Å². The second-order valence-corrected chi connectivity index (χ2v) is 8.99. The van der Waals surface area contributed by atoms with Crippen LogP contribution in [0.3, 0.4) is 0 Å². The van der Waals surface area contributed by atoms with Gasteiger partial charge in [0.05, 0.1) is 12.2 Å². The molecule has 0 saturated carbocycles. The van der Waals surface area contributed by atoms with E-state index in [0.29, 0.717) is 5.56 Å². The van der Waals surface area contributed by atoms with Crippen molar-refractivity contribution >= 4 is 16.7 Å². The van der Waals surface area contributed by atoms with E-state index in [2.05, 4.69) is 35.6 Å². The van der Waals surface area contributed by atoms with Gasteiger partial charge in [0, 0.05) is 5.92 Å². The first-order valence-electron chi connectivity index (χ1n) is 11.9. The molecule has 4 aromatic rings. The highest BCUT2D eigenvalue weighted by Gasteiger charge is 2.34. The minimum atomic E-state index is -0.312. The van der Waals surface area contributed by atoms with Crippen LogP contribution in [0, 0.1) is 11.7 Å². The van der Waals surface area contributed by atoms with E-state index >= 15 is 0 Å². The molecule has 0 radical (unpaired) electrons. The fourth-order valence-corrected chi connectivity index (χ4v) is 5.16. The van der Waals surface area contributed by atoms with Gasteiger partial charge >= 0.3 is 5.97 Å². The Kier molecular flexibility index (Phi) is 6.68. The van der Waals surface area contributed by atoms with Gasteiger partial charge in [-0.15, -0.1) is 0 Å². The minimum Gasteiger partial charge on any atom is -0.461 e. The molecule has 4 heteroatoms. The first kappa shape index (κ1) is 22.3. The van der Waals surface area contributed by atoms with Crippen LogP contribution in [-0.4, -0.2) is 25.7 Å². The standard InChI is InChI=1S/C30H28FNO2/c31-26-14-12-22(13-15-26)27-16-17-32-19-28(27)29(20-34-30(33)23-7-2-1-3-8-23)25-11-10-21-6-4-5-9-24(21)18-25/h1-15,18,27-29,32H,16-17,19-20H2. The van der Waals surface area contributed by atoms with Crippen LogP contribution in [0.2, 0.25) is 0 Å². The minimum absolute atomic E-state index is 0.000112. The maximum atomic E-state index is 13.6. The number of hydrogen-bond acceptors (Lipinski definition) is 3. The summed E-state index contributed by atoms with van der Waals surface area (Å²) in [4.78, 5) is 12.8. The quantitative estimate of drug-likeness (QED) is 0.348. The predicted octanol–water partition coefficient (Wildman–Crippen LogP) is 6.31. The Morgan fingerprint density at radius 2 is 1.65 bits per heavy atom. The molecule has 3 unspecified atom stereocenters. The average molecular weight is 454 g/mol. The Bertz CT molecular complexity index is 1260. The van der Waals surface area contributed by atoms with E-state index in [9.17, 15) is 9.18 Å². The Hall–Kier alpha value is -3.50. The van der Waals surface area contributed by atoms with Gasteiger partial charge < -0.3 is 10.1 Å². The molecule has 0 aromatic heterocycles. The highest BCUT2D eigenvalue weighted by Crippen LogP contribution is 2.40. The van der Waals surface area contributed by atoms with E-state index in [1.165, 1.54) is 22.9 Å². The van der Waals surface area contributed by atoms with Crippen LogP contribution in [0.25, 0.3) is 10.8 Å². The topological polar surface area (TPSA) is 38.3 Å². The average Bonchev–Trinajstić information content (AvgIpc) is 2.90. The van der Waals surface area contributed by atoms with Gasteiger partial charge in [-0.05, 0) is 77.5 Å². The zero-order chi connectivity index (χ0) is 23.3. The molecule has 1 fully saturated rings. The van der Waals surface area contributed by atoms with E-state index in [-0.39, 0.29) is 36.1 Å². The van der Waals surface area contributed by atoms with Crippen molar-refractivity contribution in [3.8, 4) is 0 Å². The first-order valence-corrected chi connectivity index (χ1v) is 11.9. The number of carbonyl (C=O) groups excluding carboxylic acids is 1. The maximum absolute atomic E-state index is 13.6. The normalized spacial score (nSPS) is 19.0. The van der Waals surface area contributed by atoms with Crippen molar-refractivity contribution in [1.29, 1.82) is 0 Å². The third kappa shape index (κ3) is 4.87. The number of nitrogens with one attached hydrogen (secondary N) is 1. The molecule has 3 atom stereocenters. The van der Waals surface area contributed by atoms with Gasteiger partial charge in [-0.3, -0.25) is 0 Å². The SMILES string of the molecule is O=C(OCC(c1ccc2ccccc2c1)C1CNCCC1c1ccc(F)cc1)c1ccccc1. The number of halogens is 1. The smallest absolute Gasteiger partial charge is 0.338 e. The lowest BCUT2D eigenvalue weighted by molar-refractivity contribution is 0.0435. The second kappa shape index (κ2) is 10.2. The molecule has 34 heavy (non-hydrogen) atoms. The Morgan fingerprint density at radius 3 is 2.44 bits per heavy atom. The van der Waals surface area contributed by atoms with Crippen molar-refractivity contribution in [2.45, 2.75) is 18.3 Å². The number of fused-ring (bicyclic) bond motifs is 1. The number of esters is 1. The van der Waals surface area contributed by atoms with Crippen LogP contribution in [0.15, 0.2) is 97.1 Å². The Morgan fingerprint density at radius 1 is 0.912 bits per heavy atom. The first-order chi connectivity index (χ1) is 16.7. The van der Waals surface area contributed by atoms with Crippen LogP contribution in [-0.2, 0) is 4.74 Å². The molecule has 1 aliphatic rings. The van der Waals surface area contributed by atoms with Gasteiger partial charge in [0.1, 0.15) is 5.82 Å². The molecule has 1 aliphatic heterocycles. The summed E-state index contributed by atoms with van der Waals surface area (Å²) < 4.78 is 19.5. The van der Waals surface area contributed by atoms with E-state index in [1.54, 1.807) is 12.1 Å². The highest BCUT2D eigenvalue weighted by molar-refractivity contribution is 5.89. The van der Waals surface area contributed by atoms with Crippen LogP contribution in [0.5, 0.6) is 0 Å². The van der Waals surface area contributed by atoms with E-state index in [4.69, 9.17) is 4.74 Å². The van der Waals surface area contributed by atoms with Crippen molar-refractivity contribution in [3.05, 3.63) is 120 Å². The molecule has 4 aromatic carbocycles. The molecule has 3 nitrogen and oxygen atoms in total. The van der Waals surface area contributed by atoms with Crippen molar-refractivity contribution < 1.29 is 13.9 Å². The molecule has 0 amide bonds.